The van der Waals surface area contributed by atoms with Crippen LogP contribution in [-0.2, 0) is 4.74 Å². The van der Waals surface area contributed by atoms with Crippen LogP contribution in [0.25, 0.3) is 0 Å². The molecule has 1 aliphatic heterocycles. The Kier molecular flexibility index (Phi) is 4.09. The van der Waals surface area contributed by atoms with E-state index in [1.165, 1.54) is 0 Å². The molecule has 106 valence electrons. The Labute approximate surface area is 113 Å². The average molecular weight is 266 g/mol. The third kappa shape index (κ3) is 3.96. The van der Waals surface area contributed by atoms with Crippen LogP contribution in [0.1, 0.15) is 39.1 Å². The van der Waals surface area contributed by atoms with Crippen molar-refractivity contribution in [3.63, 3.8) is 0 Å². The van der Waals surface area contributed by atoms with Crippen molar-refractivity contribution >= 4 is 6.09 Å². The molecule has 2 rings (SSSR count). The van der Waals surface area contributed by atoms with Gasteiger partial charge in [-0.15, -0.1) is 0 Å². The molecule has 2 N–H and O–H groups in total. The summed E-state index contributed by atoms with van der Waals surface area (Å²) in [5.74, 6) is 0.857. The van der Waals surface area contributed by atoms with Gasteiger partial charge in [0.05, 0.1) is 6.04 Å². The van der Waals surface area contributed by atoms with Crippen molar-refractivity contribution in [1.82, 2.24) is 20.2 Å². The summed E-state index contributed by atoms with van der Waals surface area (Å²) in [6.45, 7) is 7.78. The Morgan fingerprint density at radius 1 is 1.53 bits per heavy atom. The molecule has 6 heteroatoms. The molecule has 1 saturated heterocycles. The number of carbonyl (C=O) groups is 1. The fourth-order valence-electron chi connectivity index (χ4n) is 2.07. The summed E-state index contributed by atoms with van der Waals surface area (Å²) in [6, 6.07) is 0.0324. The van der Waals surface area contributed by atoms with Crippen molar-refractivity contribution in [2.24, 2.45) is 0 Å². The number of rotatable bonds is 1. The fourth-order valence-corrected chi connectivity index (χ4v) is 2.07. The van der Waals surface area contributed by atoms with Crippen LogP contribution >= 0.6 is 0 Å². The highest BCUT2D eigenvalue weighted by molar-refractivity contribution is 5.68. The molecule has 1 aromatic heterocycles. The predicted molar refractivity (Wildman–Crippen MR) is 71.8 cm³/mol. The first-order chi connectivity index (χ1) is 8.96. The molecule has 1 unspecified atom stereocenters. The first kappa shape index (κ1) is 13.9. The molecule has 1 amide bonds. The maximum Gasteiger partial charge on any atom is 0.410 e. The van der Waals surface area contributed by atoms with Gasteiger partial charge < -0.3 is 19.9 Å². The molecule has 0 spiro atoms. The maximum absolute atomic E-state index is 12.1. The molecule has 1 fully saturated rings. The normalized spacial score (nSPS) is 21.0. The van der Waals surface area contributed by atoms with Crippen molar-refractivity contribution in [1.29, 1.82) is 0 Å². The number of H-pyrrole nitrogens is 1. The Balaban J connectivity index is 2.02. The summed E-state index contributed by atoms with van der Waals surface area (Å²) in [5.41, 5.74) is -0.461. The summed E-state index contributed by atoms with van der Waals surface area (Å²) in [6.07, 6.45) is 4.17. The van der Waals surface area contributed by atoms with Gasteiger partial charge in [-0.1, -0.05) is 0 Å². The molecule has 1 aromatic rings. The second-order valence-corrected chi connectivity index (χ2v) is 5.76. The largest absolute Gasteiger partial charge is 0.444 e. The summed E-state index contributed by atoms with van der Waals surface area (Å²) in [5, 5.41) is 3.39. The Hall–Kier alpha value is -1.56. The van der Waals surface area contributed by atoms with E-state index in [9.17, 15) is 4.79 Å². The Morgan fingerprint density at radius 3 is 2.95 bits per heavy atom. The lowest BCUT2D eigenvalue weighted by molar-refractivity contribution is 0.0246. The van der Waals surface area contributed by atoms with E-state index >= 15 is 0 Å². The van der Waals surface area contributed by atoms with Crippen molar-refractivity contribution in [3.8, 4) is 0 Å². The second-order valence-electron chi connectivity index (χ2n) is 5.76. The van der Waals surface area contributed by atoms with Gasteiger partial charge in [0, 0.05) is 25.5 Å². The smallest absolute Gasteiger partial charge is 0.410 e. The van der Waals surface area contributed by atoms with Crippen LogP contribution in [0.5, 0.6) is 0 Å². The highest BCUT2D eigenvalue weighted by Crippen LogP contribution is 2.16. The SMILES string of the molecule is CC(C)(C)OC(=O)N1CCCNC(c2ncc[nH]2)C1. The highest BCUT2D eigenvalue weighted by Gasteiger charge is 2.27. The minimum Gasteiger partial charge on any atom is -0.444 e. The van der Waals surface area contributed by atoms with Crippen LogP contribution in [0.3, 0.4) is 0 Å². The molecule has 1 aliphatic rings. The topological polar surface area (TPSA) is 70.2 Å². The van der Waals surface area contributed by atoms with Crippen LogP contribution in [0.4, 0.5) is 4.79 Å². The number of nitrogens with zero attached hydrogens (tertiary/aromatic N) is 2. The molecule has 0 aliphatic carbocycles. The molecule has 0 bridgehead atoms. The molecule has 6 nitrogen and oxygen atoms in total. The van der Waals surface area contributed by atoms with Crippen LogP contribution in [0.2, 0.25) is 0 Å². The molecular weight excluding hydrogens is 244 g/mol. The number of hydrogen-bond acceptors (Lipinski definition) is 4. The van der Waals surface area contributed by atoms with Gasteiger partial charge in [-0.3, -0.25) is 0 Å². The predicted octanol–water partition coefficient (Wildman–Crippen LogP) is 1.68. The Bertz CT molecular complexity index is 411. The molecular formula is C13H22N4O2. The minimum absolute atomic E-state index is 0.0324. The number of nitrogens with one attached hydrogen (secondary N) is 2. The zero-order valence-electron chi connectivity index (χ0n) is 11.8. The van der Waals surface area contributed by atoms with Crippen molar-refractivity contribution in [2.45, 2.75) is 38.8 Å². The monoisotopic (exact) mass is 266 g/mol. The number of ether oxygens (including phenoxy) is 1. The van der Waals surface area contributed by atoms with Gasteiger partial charge in [-0.05, 0) is 33.7 Å². The van der Waals surface area contributed by atoms with Crippen molar-refractivity contribution < 1.29 is 9.53 Å². The number of hydrogen-bond donors (Lipinski definition) is 2. The molecule has 19 heavy (non-hydrogen) atoms. The number of imidazole rings is 1. The van der Waals surface area contributed by atoms with Gasteiger partial charge in [0.15, 0.2) is 0 Å². The van der Waals surface area contributed by atoms with E-state index in [1.54, 1.807) is 17.3 Å². The third-order valence-corrected chi connectivity index (χ3v) is 2.90. The molecule has 2 heterocycles. The average Bonchev–Trinajstić information content (AvgIpc) is 2.71. The van der Waals surface area contributed by atoms with E-state index in [0.29, 0.717) is 13.1 Å². The van der Waals surface area contributed by atoms with E-state index in [1.807, 2.05) is 20.8 Å². The van der Waals surface area contributed by atoms with Gasteiger partial charge in [-0.25, -0.2) is 9.78 Å². The van der Waals surface area contributed by atoms with Gasteiger partial charge in [0.25, 0.3) is 0 Å². The second kappa shape index (κ2) is 5.61. The summed E-state index contributed by atoms with van der Waals surface area (Å²) < 4.78 is 5.43. The lowest BCUT2D eigenvalue weighted by Crippen LogP contribution is -2.40. The number of carbonyl (C=O) groups excluding carboxylic acids is 1. The lowest BCUT2D eigenvalue weighted by atomic mass is 10.2. The maximum atomic E-state index is 12.1. The summed E-state index contributed by atoms with van der Waals surface area (Å²) in [4.78, 5) is 21.2. The quantitative estimate of drug-likeness (QED) is 0.811. The van der Waals surface area contributed by atoms with E-state index in [4.69, 9.17) is 4.74 Å². The number of aromatic amines is 1. The fraction of sp³-hybridized carbons (Fsp3) is 0.692. The van der Waals surface area contributed by atoms with Gasteiger partial charge in [0.2, 0.25) is 0 Å². The summed E-state index contributed by atoms with van der Waals surface area (Å²) >= 11 is 0. The third-order valence-electron chi connectivity index (χ3n) is 2.90. The zero-order valence-corrected chi connectivity index (χ0v) is 11.8. The first-order valence-corrected chi connectivity index (χ1v) is 6.66. The van der Waals surface area contributed by atoms with Crippen LogP contribution in [-0.4, -0.2) is 46.2 Å². The van der Waals surface area contributed by atoms with E-state index in [-0.39, 0.29) is 12.1 Å². The van der Waals surface area contributed by atoms with Crippen LogP contribution in [0, 0.1) is 0 Å². The zero-order chi connectivity index (χ0) is 13.9. The van der Waals surface area contributed by atoms with Crippen molar-refractivity contribution in [3.05, 3.63) is 18.2 Å². The molecule has 0 aromatic carbocycles. The van der Waals surface area contributed by atoms with Crippen LogP contribution < -0.4 is 5.32 Å². The molecule has 0 saturated carbocycles. The van der Waals surface area contributed by atoms with Gasteiger partial charge in [-0.2, -0.15) is 0 Å². The van der Waals surface area contributed by atoms with Gasteiger partial charge >= 0.3 is 6.09 Å². The molecule has 1 atom stereocenters. The Morgan fingerprint density at radius 2 is 2.32 bits per heavy atom. The minimum atomic E-state index is -0.461. The number of aromatic nitrogens is 2. The highest BCUT2D eigenvalue weighted by atomic mass is 16.6. The van der Waals surface area contributed by atoms with E-state index in [2.05, 4.69) is 15.3 Å². The van der Waals surface area contributed by atoms with Crippen LogP contribution in [0.15, 0.2) is 12.4 Å². The first-order valence-electron chi connectivity index (χ1n) is 6.66. The van der Waals surface area contributed by atoms with E-state index < -0.39 is 5.60 Å². The molecule has 0 radical (unpaired) electrons. The standard InChI is InChI=1S/C13H22N4O2/c1-13(2,3)19-12(18)17-8-4-5-14-10(9-17)11-15-6-7-16-11/h6-7,10,14H,4-5,8-9H2,1-3H3,(H,15,16). The van der Waals surface area contributed by atoms with E-state index in [0.717, 1.165) is 18.8 Å². The summed E-state index contributed by atoms with van der Waals surface area (Å²) in [7, 11) is 0. The lowest BCUT2D eigenvalue weighted by Gasteiger charge is -2.27. The number of amides is 1. The van der Waals surface area contributed by atoms with Gasteiger partial charge in [0.1, 0.15) is 11.4 Å². The van der Waals surface area contributed by atoms with Crippen molar-refractivity contribution in [2.75, 3.05) is 19.6 Å².